The van der Waals surface area contributed by atoms with Gasteiger partial charge in [-0.2, -0.15) is 0 Å². The monoisotopic (exact) mass is 208 g/mol. The summed E-state index contributed by atoms with van der Waals surface area (Å²) in [5, 5.41) is 17.3. The van der Waals surface area contributed by atoms with Gasteiger partial charge in [0.05, 0.1) is 0 Å². The normalized spacial score (nSPS) is 9.93. The molecule has 0 saturated carbocycles. The topological polar surface area (TPSA) is 74.6 Å². The molecule has 0 aromatic heterocycles. The van der Waals surface area contributed by atoms with Crippen LogP contribution in [-0.2, 0) is 11.2 Å². The second kappa shape index (κ2) is 5.26. The molecule has 0 aliphatic rings. The molecule has 0 atom stereocenters. The molecule has 1 aromatic carbocycles. The maximum Gasteiger partial charge on any atom is 0.311 e. The average molecular weight is 208 g/mol. The maximum atomic E-state index is 11.5. The van der Waals surface area contributed by atoms with E-state index in [0.717, 1.165) is 0 Å². The van der Waals surface area contributed by atoms with Crippen molar-refractivity contribution in [2.24, 2.45) is 0 Å². The molecule has 0 amide bonds. The summed E-state index contributed by atoms with van der Waals surface area (Å²) in [4.78, 5) is 21.9. The minimum absolute atomic E-state index is 0.0582. The third-order valence-corrected chi connectivity index (χ3v) is 2.01. The Bertz CT molecular complexity index is 371. The number of aliphatic hydroxyl groups excluding tert-OH is 1. The lowest BCUT2D eigenvalue weighted by atomic mass is 10.00. The van der Waals surface area contributed by atoms with Crippen molar-refractivity contribution in [3.05, 3.63) is 35.4 Å². The second-order valence-corrected chi connectivity index (χ2v) is 3.12. The van der Waals surface area contributed by atoms with Crippen LogP contribution < -0.4 is 0 Å². The van der Waals surface area contributed by atoms with E-state index >= 15 is 0 Å². The largest absolute Gasteiger partial charge is 0.481 e. The van der Waals surface area contributed by atoms with Crippen LogP contribution in [0.15, 0.2) is 24.3 Å². The van der Waals surface area contributed by atoms with Gasteiger partial charge >= 0.3 is 5.97 Å². The Morgan fingerprint density at radius 2 is 1.87 bits per heavy atom. The first-order chi connectivity index (χ1) is 7.15. The van der Waals surface area contributed by atoms with Gasteiger partial charge in [0.2, 0.25) is 0 Å². The number of carboxylic acid groups (broad SMARTS) is 1. The van der Waals surface area contributed by atoms with Crippen LogP contribution in [0.3, 0.4) is 0 Å². The molecule has 0 spiro atoms. The molecule has 2 N–H and O–H groups in total. The Kier molecular flexibility index (Phi) is 4.00. The minimum Gasteiger partial charge on any atom is -0.481 e. The lowest BCUT2D eigenvalue weighted by molar-refractivity contribution is -0.135. The van der Waals surface area contributed by atoms with E-state index in [1.807, 2.05) is 0 Å². The predicted octanol–water partition coefficient (Wildman–Crippen LogP) is 0.879. The fourth-order valence-corrected chi connectivity index (χ4v) is 1.36. The van der Waals surface area contributed by atoms with E-state index < -0.39 is 18.2 Å². The highest BCUT2D eigenvalue weighted by atomic mass is 16.4. The van der Waals surface area contributed by atoms with E-state index in [2.05, 4.69) is 0 Å². The summed E-state index contributed by atoms with van der Waals surface area (Å²) in [5.74, 6) is -1.56. The Morgan fingerprint density at radius 1 is 1.20 bits per heavy atom. The van der Waals surface area contributed by atoms with Gasteiger partial charge in [-0.05, 0) is 12.0 Å². The third-order valence-electron chi connectivity index (χ3n) is 2.01. The number of Topliss-reactive ketones (excluding diaryl/α,β-unsaturated/α-hetero) is 1. The van der Waals surface area contributed by atoms with Crippen LogP contribution in [-0.4, -0.2) is 28.6 Å². The van der Waals surface area contributed by atoms with Crippen molar-refractivity contribution in [1.29, 1.82) is 0 Å². The molecule has 0 fully saturated rings. The molecule has 0 saturated heterocycles. The first-order valence-electron chi connectivity index (χ1n) is 4.59. The van der Waals surface area contributed by atoms with Crippen molar-refractivity contribution in [2.75, 3.05) is 6.61 Å². The summed E-state index contributed by atoms with van der Waals surface area (Å²) in [6, 6.07) is 6.72. The SMILES string of the molecule is O=C(O)CC(=O)c1ccccc1CCO. The van der Waals surface area contributed by atoms with Crippen LogP contribution in [0.4, 0.5) is 0 Å². The van der Waals surface area contributed by atoms with Gasteiger partial charge in [0.25, 0.3) is 0 Å². The fourth-order valence-electron chi connectivity index (χ4n) is 1.36. The molecule has 4 nitrogen and oxygen atoms in total. The molecule has 0 bridgehead atoms. The molecule has 80 valence electrons. The lowest BCUT2D eigenvalue weighted by Gasteiger charge is -2.05. The number of aliphatic hydroxyl groups is 1. The molecule has 15 heavy (non-hydrogen) atoms. The minimum atomic E-state index is -1.14. The molecule has 0 aliphatic heterocycles. The maximum absolute atomic E-state index is 11.5. The third kappa shape index (κ3) is 3.18. The summed E-state index contributed by atoms with van der Waals surface area (Å²) >= 11 is 0. The zero-order chi connectivity index (χ0) is 11.3. The van der Waals surface area contributed by atoms with Crippen LogP contribution in [0.5, 0.6) is 0 Å². The Morgan fingerprint density at radius 3 is 2.47 bits per heavy atom. The quantitative estimate of drug-likeness (QED) is 0.556. The standard InChI is InChI=1S/C11H12O4/c12-6-5-8-3-1-2-4-9(8)10(13)7-11(14)15/h1-4,12H,5-7H2,(H,14,15). The number of carboxylic acids is 1. The van der Waals surface area contributed by atoms with Crippen molar-refractivity contribution < 1.29 is 19.8 Å². The first kappa shape index (κ1) is 11.4. The molecule has 4 heteroatoms. The van der Waals surface area contributed by atoms with Gasteiger partial charge in [0.1, 0.15) is 6.42 Å². The fraction of sp³-hybridized carbons (Fsp3) is 0.273. The van der Waals surface area contributed by atoms with Crippen LogP contribution in [0.25, 0.3) is 0 Å². The van der Waals surface area contributed by atoms with Crippen molar-refractivity contribution in [1.82, 2.24) is 0 Å². The summed E-state index contributed by atoms with van der Waals surface area (Å²) < 4.78 is 0. The summed E-state index contributed by atoms with van der Waals surface area (Å²) in [6.07, 6.45) is -0.149. The van der Waals surface area contributed by atoms with Crippen molar-refractivity contribution in [2.45, 2.75) is 12.8 Å². The van der Waals surface area contributed by atoms with Crippen molar-refractivity contribution in [3.8, 4) is 0 Å². The average Bonchev–Trinajstić information content (AvgIpc) is 2.18. The summed E-state index contributed by atoms with van der Waals surface area (Å²) in [5.41, 5.74) is 1.07. The summed E-state index contributed by atoms with van der Waals surface area (Å²) in [6.45, 7) is -0.0582. The molecular weight excluding hydrogens is 196 g/mol. The molecule has 0 heterocycles. The van der Waals surface area contributed by atoms with E-state index in [1.165, 1.54) is 0 Å². The van der Waals surface area contributed by atoms with E-state index in [9.17, 15) is 9.59 Å². The van der Waals surface area contributed by atoms with Gasteiger partial charge in [0.15, 0.2) is 5.78 Å². The number of hydrogen-bond donors (Lipinski definition) is 2. The highest BCUT2D eigenvalue weighted by Gasteiger charge is 2.13. The Hall–Kier alpha value is -1.68. The van der Waals surface area contributed by atoms with E-state index in [1.54, 1.807) is 24.3 Å². The highest BCUT2D eigenvalue weighted by Crippen LogP contribution is 2.11. The number of aliphatic carboxylic acids is 1. The number of carbonyl (C=O) groups excluding carboxylic acids is 1. The number of ketones is 1. The molecule has 1 aromatic rings. The van der Waals surface area contributed by atoms with Gasteiger partial charge < -0.3 is 10.2 Å². The van der Waals surface area contributed by atoms with Gasteiger partial charge in [-0.15, -0.1) is 0 Å². The van der Waals surface area contributed by atoms with Crippen molar-refractivity contribution in [3.63, 3.8) is 0 Å². The van der Waals surface area contributed by atoms with E-state index in [4.69, 9.17) is 10.2 Å². The number of rotatable bonds is 5. The first-order valence-corrected chi connectivity index (χ1v) is 4.59. The lowest BCUT2D eigenvalue weighted by Crippen LogP contribution is -2.10. The van der Waals surface area contributed by atoms with Gasteiger partial charge in [-0.3, -0.25) is 9.59 Å². The van der Waals surface area contributed by atoms with Crippen molar-refractivity contribution >= 4 is 11.8 Å². The second-order valence-electron chi connectivity index (χ2n) is 3.12. The number of carbonyl (C=O) groups is 2. The van der Waals surface area contributed by atoms with Gasteiger partial charge in [0, 0.05) is 12.2 Å². The summed E-state index contributed by atoms with van der Waals surface area (Å²) in [7, 11) is 0. The van der Waals surface area contributed by atoms with Gasteiger partial charge in [-0.1, -0.05) is 24.3 Å². The van der Waals surface area contributed by atoms with Crippen LogP contribution in [0.1, 0.15) is 22.3 Å². The Balaban J connectivity index is 2.91. The molecule has 0 unspecified atom stereocenters. The number of hydrogen-bond acceptors (Lipinski definition) is 3. The zero-order valence-electron chi connectivity index (χ0n) is 8.14. The zero-order valence-corrected chi connectivity index (χ0v) is 8.14. The smallest absolute Gasteiger partial charge is 0.311 e. The molecular formula is C11H12O4. The number of benzene rings is 1. The van der Waals surface area contributed by atoms with Crippen LogP contribution >= 0.6 is 0 Å². The van der Waals surface area contributed by atoms with E-state index in [-0.39, 0.29) is 6.61 Å². The molecule has 1 rings (SSSR count). The van der Waals surface area contributed by atoms with Crippen LogP contribution in [0.2, 0.25) is 0 Å². The van der Waals surface area contributed by atoms with E-state index in [0.29, 0.717) is 17.5 Å². The Labute approximate surface area is 87.2 Å². The molecule has 0 aliphatic carbocycles. The molecule has 0 radical (unpaired) electrons. The van der Waals surface area contributed by atoms with Crippen LogP contribution in [0, 0.1) is 0 Å². The van der Waals surface area contributed by atoms with Gasteiger partial charge in [-0.25, -0.2) is 0 Å². The highest BCUT2D eigenvalue weighted by molar-refractivity contribution is 6.06. The predicted molar refractivity (Wildman–Crippen MR) is 53.8 cm³/mol.